The van der Waals surface area contributed by atoms with E-state index >= 15 is 0 Å². The van der Waals surface area contributed by atoms with Crippen LogP contribution < -0.4 is 11.1 Å². The van der Waals surface area contributed by atoms with Crippen molar-refractivity contribution in [2.75, 3.05) is 12.3 Å². The Bertz CT molecular complexity index is 454. The molecule has 0 radical (unpaired) electrons. The summed E-state index contributed by atoms with van der Waals surface area (Å²) in [6.07, 6.45) is 4.70. The van der Waals surface area contributed by atoms with Gasteiger partial charge in [-0.3, -0.25) is 4.98 Å². The van der Waals surface area contributed by atoms with Crippen LogP contribution in [0.4, 0.5) is 5.69 Å². The zero-order valence-electron chi connectivity index (χ0n) is 9.76. The summed E-state index contributed by atoms with van der Waals surface area (Å²) >= 11 is 0. The van der Waals surface area contributed by atoms with Crippen LogP contribution in [0.3, 0.4) is 0 Å². The van der Waals surface area contributed by atoms with E-state index in [9.17, 15) is 0 Å². The van der Waals surface area contributed by atoms with Crippen LogP contribution >= 0.6 is 0 Å². The van der Waals surface area contributed by atoms with Gasteiger partial charge in [0.2, 0.25) is 0 Å². The number of nitrogens with one attached hydrogen (secondary N) is 1. The Morgan fingerprint density at radius 3 is 2.76 bits per heavy atom. The summed E-state index contributed by atoms with van der Waals surface area (Å²) in [7, 11) is 0. The average molecular weight is 227 g/mol. The molecule has 0 aliphatic heterocycles. The molecule has 0 amide bonds. The first-order valence-electron chi connectivity index (χ1n) is 5.78. The first-order chi connectivity index (χ1) is 8.34. The maximum absolute atomic E-state index is 5.72. The lowest BCUT2D eigenvalue weighted by molar-refractivity contribution is 0.686. The normalized spacial score (nSPS) is 10.4. The molecule has 2 rings (SSSR count). The molecule has 0 atom stereocenters. The molecule has 1 aromatic heterocycles. The molecule has 0 saturated heterocycles. The van der Waals surface area contributed by atoms with Crippen molar-refractivity contribution in [3.8, 4) is 0 Å². The van der Waals surface area contributed by atoms with E-state index in [-0.39, 0.29) is 0 Å². The monoisotopic (exact) mass is 227 g/mol. The summed E-state index contributed by atoms with van der Waals surface area (Å²) in [5.74, 6) is 0. The van der Waals surface area contributed by atoms with E-state index in [1.807, 2.05) is 30.5 Å². The third-order valence-corrected chi connectivity index (χ3v) is 2.59. The summed E-state index contributed by atoms with van der Waals surface area (Å²) < 4.78 is 0. The number of pyridine rings is 1. The molecule has 0 spiro atoms. The van der Waals surface area contributed by atoms with E-state index in [4.69, 9.17) is 5.73 Å². The van der Waals surface area contributed by atoms with Gasteiger partial charge in [-0.1, -0.05) is 18.2 Å². The average Bonchev–Trinajstić information content (AvgIpc) is 2.36. The highest BCUT2D eigenvalue weighted by atomic mass is 14.8. The molecule has 3 N–H and O–H groups in total. The molecular formula is C14H17N3. The number of rotatable bonds is 5. The number of aromatic nitrogens is 1. The Hall–Kier alpha value is -1.87. The molecule has 17 heavy (non-hydrogen) atoms. The summed E-state index contributed by atoms with van der Waals surface area (Å²) in [6, 6.07) is 12.0. The second kappa shape index (κ2) is 6.01. The van der Waals surface area contributed by atoms with Crippen molar-refractivity contribution in [1.29, 1.82) is 0 Å². The predicted molar refractivity (Wildman–Crippen MR) is 70.5 cm³/mol. The fraction of sp³-hybridized carbons (Fsp3) is 0.214. The molecule has 0 unspecified atom stereocenters. The van der Waals surface area contributed by atoms with Gasteiger partial charge >= 0.3 is 0 Å². The molecule has 1 heterocycles. The van der Waals surface area contributed by atoms with E-state index < -0.39 is 0 Å². The van der Waals surface area contributed by atoms with Gasteiger partial charge in [0.15, 0.2) is 0 Å². The first-order valence-corrected chi connectivity index (χ1v) is 5.78. The van der Waals surface area contributed by atoms with Crippen molar-refractivity contribution in [1.82, 2.24) is 10.3 Å². The maximum atomic E-state index is 5.72. The fourth-order valence-electron chi connectivity index (χ4n) is 1.71. The number of anilines is 1. The van der Waals surface area contributed by atoms with Gasteiger partial charge in [0, 0.05) is 24.6 Å². The van der Waals surface area contributed by atoms with Crippen molar-refractivity contribution in [3.05, 3.63) is 59.9 Å². The Morgan fingerprint density at radius 1 is 1.12 bits per heavy atom. The van der Waals surface area contributed by atoms with Crippen LogP contribution in [0.5, 0.6) is 0 Å². The van der Waals surface area contributed by atoms with Crippen LogP contribution in [0.2, 0.25) is 0 Å². The third kappa shape index (κ3) is 3.89. The van der Waals surface area contributed by atoms with E-state index in [2.05, 4.69) is 22.4 Å². The standard InChI is InChI=1S/C14H17N3/c15-14-5-1-3-13(9-14)11-17-8-6-12-4-2-7-16-10-12/h1-5,7,9-10,17H,6,8,11,15H2. The maximum Gasteiger partial charge on any atom is 0.0317 e. The van der Waals surface area contributed by atoms with Gasteiger partial charge < -0.3 is 11.1 Å². The van der Waals surface area contributed by atoms with Crippen molar-refractivity contribution < 1.29 is 0 Å². The fourth-order valence-corrected chi connectivity index (χ4v) is 1.71. The highest BCUT2D eigenvalue weighted by Gasteiger charge is 1.94. The Balaban J connectivity index is 1.73. The summed E-state index contributed by atoms with van der Waals surface area (Å²) in [5.41, 5.74) is 9.01. The Morgan fingerprint density at radius 2 is 2.00 bits per heavy atom. The number of benzene rings is 1. The van der Waals surface area contributed by atoms with E-state index in [1.165, 1.54) is 11.1 Å². The van der Waals surface area contributed by atoms with E-state index in [0.717, 1.165) is 25.2 Å². The molecule has 0 fully saturated rings. The number of hydrogen-bond acceptors (Lipinski definition) is 3. The topological polar surface area (TPSA) is 50.9 Å². The summed E-state index contributed by atoms with van der Waals surface area (Å²) in [6.45, 7) is 1.80. The van der Waals surface area contributed by atoms with Crippen molar-refractivity contribution >= 4 is 5.69 Å². The number of nitrogen functional groups attached to an aromatic ring is 1. The van der Waals surface area contributed by atoms with Crippen LogP contribution in [0.15, 0.2) is 48.8 Å². The van der Waals surface area contributed by atoms with Gasteiger partial charge in [-0.15, -0.1) is 0 Å². The second-order valence-corrected chi connectivity index (χ2v) is 4.03. The molecule has 3 heteroatoms. The number of nitrogens with zero attached hydrogens (tertiary/aromatic N) is 1. The Labute approximate surface area is 102 Å². The lowest BCUT2D eigenvalue weighted by atomic mass is 10.2. The van der Waals surface area contributed by atoms with Gasteiger partial charge in [0.25, 0.3) is 0 Å². The van der Waals surface area contributed by atoms with Crippen LogP contribution in [0.1, 0.15) is 11.1 Å². The van der Waals surface area contributed by atoms with E-state index in [1.54, 1.807) is 6.20 Å². The Kier molecular flexibility index (Phi) is 4.11. The quantitative estimate of drug-likeness (QED) is 0.606. The van der Waals surface area contributed by atoms with Crippen molar-refractivity contribution in [3.63, 3.8) is 0 Å². The lowest BCUT2D eigenvalue weighted by Crippen LogP contribution is -2.16. The molecule has 0 bridgehead atoms. The zero-order valence-corrected chi connectivity index (χ0v) is 9.76. The molecular weight excluding hydrogens is 210 g/mol. The molecule has 3 nitrogen and oxygen atoms in total. The van der Waals surface area contributed by atoms with Gasteiger partial charge in [-0.05, 0) is 42.3 Å². The predicted octanol–water partition coefficient (Wildman–Crippen LogP) is 2.00. The van der Waals surface area contributed by atoms with Crippen molar-refractivity contribution in [2.45, 2.75) is 13.0 Å². The van der Waals surface area contributed by atoms with Gasteiger partial charge in [-0.2, -0.15) is 0 Å². The number of nitrogens with two attached hydrogens (primary N) is 1. The second-order valence-electron chi connectivity index (χ2n) is 4.03. The summed E-state index contributed by atoms with van der Waals surface area (Å²) in [4.78, 5) is 4.09. The minimum atomic E-state index is 0.816. The van der Waals surface area contributed by atoms with Crippen LogP contribution in [-0.4, -0.2) is 11.5 Å². The zero-order chi connectivity index (χ0) is 11.9. The van der Waals surface area contributed by atoms with Crippen LogP contribution in [0, 0.1) is 0 Å². The first kappa shape index (κ1) is 11.6. The van der Waals surface area contributed by atoms with Crippen molar-refractivity contribution in [2.24, 2.45) is 0 Å². The molecule has 0 aliphatic carbocycles. The van der Waals surface area contributed by atoms with Gasteiger partial charge in [0.1, 0.15) is 0 Å². The third-order valence-electron chi connectivity index (χ3n) is 2.59. The van der Waals surface area contributed by atoms with E-state index in [0.29, 0.717) is 0 Å². The largest absolute Gasteiger partial charge is 0.399 e. The van der Waals surface area contributed by atoms with Crippen LogP contribution in [0.25, 0.3) is 0 Å². The summed E-state index contributed by atoms with van der Waals surface area (Å²) in [5, 5.41) is 3.39. The minimum absolute atomic E-state index is 0.816. The van der Waals surface area contributed by atoms with Crippen LogP contribution in [-0.2, 0) is 13.0 Å². The highest BCUT2D eigenvalue weighted by molar-refractivity contribution is 5.40. The lowest BCUT2D eigenvalue weighted by Gasteiger charge is -2.05. The smallest absolute Gasteiger partial charge is 0.0317 e. The van der Waals surface area contributed by atoms with Gasteiger partial charge in [0.05, 0.1) is 0 Å². The molecule has 88 valence electrons. The molecule has 0 aliphatic rings. The minimum Gasteiger partial charge on any atom is -0.399 e. The SMILES string of the molecule is Nc1cccc(CNCCc2cccnc2)c1. The van der Waals surface area contributed by atoms with Gasteiger partial charge in [-0.25, -0.2) is 0 Å². The highest BCUT2D eigenvalue weighted by Crippen LogP contribution is 2.05. The molecule has 2 aromatic rings. The molecule has 0 saturated carbocycles. The number of hydrogen-bond donors (Lipinski definition) is 2. The molecule has 1 aromatic carbocycles.